The van der Waals surface area contributed by atoms with E-state index >= 15 is 0 Å². The fourth-order valence-corrected chi connectivity index (χ4v) is 2.30. The molecule has 1 unspecified atom stereocenters. The van der Waals surface area contributed by atoms with Crippen LogP contribution >= 0.6 is 11.8 Å². The first-order chi connectivity index (χ1) is 9.22. The van der Waals surface area contributed by atoms with E-state index in [-0.39, 0.29) is 0 Å². The maximum absolute atomic E-state index is 5.24. The van der Waals surface area contributed by atoms with Crippen molar-refractivity contribution in [3.8, 4) is 5.75 Å². The first kappa shape index (κ1) is 14.2. The summed E-state index contributed by atoms with van der Waals surface area (Å²) in [7, 11) is 1.70. The first-order valence-electron chi connectivity index (χ1n) is 6.53. The van der Waals surface area contributed by atoms with E-state index in [0.717, 1.165) is 18.8 Å². The molecule has 2 aromatic rings. The fraction of sp³-hybridized carbons (Fsp3) is 0.375. The van der Waals surface area contributed by atoms with Gasteiger partial charge in [-0.1, -0.05) is 25.1 Å². The molecule has 2 aromatic carbocycles. The summed E-state index contributed by atoms with van der Waals surface area (Å²) < 4.78 is 5.24. The van der Waals surface area contributed by atoms with Crippen molar-refractivity contribution in [2.45, 2.75) is 18.7 Å². The number of hydrogen-bond donors (Lipinski definition) is 1. The van der Waals surface area contributed by atoms with E-state index in [1.54, 1.807) is 7.11 Å². The highest BCUT2D eigenvalue weighted by molar-refractivity contribution is 7.99. The Morgan fingerprint density at radius 2 is 1.89 bits per heavy atom. The van der Waals surface area contributed by atoms with E-state index in [0.29, 0.717) is 5.25 Å². The van der Waals surface area contributed by atoms with Crippen LogP contribution in [0, 0.1) is 0 Å². The minimum Gasteiger partial charge on any atom is -0.497 e. The minimum atomic E-state index is 0.657. The number of ether oxygens (including phenoxy) is 1. The van der Waals surface area contributed by atoms with E-state index in [4.69, 9.17) is 4.74 Å². The van der Waals surface area contributed by atoms with Gasteiger partial charge in [-0.25, -0.2) is 0 Å². The van der Waals surface area contributed by atoms with Crippen LogP contribution in [0.5, 0.6) is 5.75 Å². The molecule has 0 saturated heterocycles. The molecule has 0 aliphatic rings. The monoisotopic (exact) mass is 275 g/mol. The fourth-order valence-electron chi connectivity index (χ4n) is 2.01. The standard InChI is InChI=1S/C16H21NOS/c1-12(19-3)10-17-11-13-4-5-15-9-16(18-2)7-6-14(15)8-13/h4-9,12,17H,10-11H2,1-3H3. The molecule has 0 aliphatic heterocycles. The molecule has 2 rings (SSSR count). The van der Waals surface area contributed by atoms with Crippen LogP contribution < -0.4 is 10.1 Å². The van der Waals surface area contributed by atoms with Crippen molar-refractivity contribution in [2.75, 3.05) is 19.9 Å². The highest BCUT2D eigenvalue weighted by atomic mass is 32.2. The van der Waals surface area contributed by atoms with Gasteiger partial charge < -0.3 is 10.1 Å². The molecule has 102 valence electrons. The van der Waals surface area contributed by atoms with Crippen LogP contribution in [0.3, 0.4) is 0 Å². The second-order valence-corrected chi connectivity index (χ2v) is 6.00. The Morgan fingerprint density at radius 3 is 2.63 bits per heavy atom. The second-order valence-electron chi connectivity index (χ2n) is 4.72. The van der Waals surface area contributed by atoms with Crippen LogP contribution in [0.1, 0.15) is 12.5 Å². The lowest BCUT2D eigenvalue weighted by Gasteiger charge is -2.10. The highest BCUT2D eigenvalue weighted by Crippen LogP contribution is 2.21. The summed E-state index contributed by atoms with van der Waals surface area (Å²) in [4.78, 5) is 0. The maximum Gasteiger partial charge on any atom is 0.119 e. The SMILES string of the molecule is COc1ccc2cc(CNCC(C)SC)ccc2c1. The van der Waals surface area contributed by atoms with E-state index in [1.165, 1.54) is 16.3 Å². The number of rotatable bonds is 6. The zero-order chi connectivity index (χ0) is 13.7. The molecule has 3 heteroatoms. The first-order valence-corrected chi connectivity index (χ1v) is 7.82. The molecule has 0 spiro atoms. The van der Waals surface area contributed by atoms with Gasteiger partial charge in [-0.3, -0.25) is 0 Å². The Kier molecular flexibility index (Phi) is 5.11. The molecular formula is C16H21NOS. The third-order valence-corrected chi connectivity index (χ3v) is 4.25. The van der Waals surface area contributed by atoms with Crippen LogP contribution in [0.25, 0.3) is 10.8 Å². The highest BCUT2D eigenvalue weighted by Gasteiger charge is 2.01. The van der Waals surface area contributed by atoms with Crippen molar-refractivity contribution in [3.63, 3.8) is 0 Å². The maximum atomic E-state index is 5.24. The van der Waals surface area contributed by atoms with Crippen molar-refractivity contribution in [1.29, 1.82) is 0 Å². The van der Waals surface area contributed by atoms with Gasteiger partial charge in [0.1, 0.15) is 5.75 Å². The smallest absolute Gasteiger partial charge is 0.119 e. The third-order valence-electron chi connectivity index (χ3n) is 3.28. The topological polar surface area (TPSA) is 21.3 Å². The largest absolute Gasteiger partial charge is 0.497 e. The van der Waals surface area contributed by atoms with Gasteiger partial charge in [-0.2, -0.15) is 11.8 Å². The lowest BCUT2D eigenvalue weighted by Crippen LogP contribution is -2.21. The zero-order valence-corrected chi connectivity index (χ0v) is 12.6. The van der Waals surface area contributed by atoms with Crippen molar-refractivity contribution < 1.29 is 4.74 Å². The summed E-state index contributed by atoms with van der Waals surface area (Å²) in [5.41, 5.74) is 1.32. The number of benzene rings is 2. The normalized spacial score (nSPS) is 12.6. The van der Waals surface area contributed by atoms with Gasteiger partial charge in [0.15, 0.2) is 0 Å². The molecule has 1 N–H and O–H groups in total. The van der Waals surface area contributed by atoms with E-state index in [1.807, 2.05) is 17.8 Å². The number of methoxy groups -OCH3 is 1. The van der Waals surface area contributed by atoms with Crippen LogP contribution in [0.2, 0.25) is 0 Å². The molecule has 0 bridgehead atoms. The molecule has 19 heavy (non-hydrogen) atoms. The third kappa shape index (κ3) is 3.88. The van der Waals surface area contributed by atoms with Gasteiger partial charge >= 0.3 is 0 Å². The van der Waals surface area contributed by atoms with Gasteiger partial charge in [-0.15, -0.1) is 0 Å². The van der Waals surface area contributed by atoms with E-state index in [2.05, 4.69) is 48.8 Å². The van der Waals surface area contributed by atoms with Gasteiger partial charge in [0.25, 0.3) is 0 Å². The molecule has 0 fully saturated rings. The number of nitrogens with one attached hydrogen (secondary N) is 1. The lowest BCUT2D eigenvalue weighted by atomic mass is 10.1. The molecule has 0 aromatic heterocycles. The Bertz CT molecular complexity index is 541. The molecule has 0 saturated carbocycles. The molecule has 0 radical (unpaired) electrons. The van der Waals surface area contributed by atoms with Gasteiger partial charge in [0, 0.05) is 18.3 Å². The molecule has 0 aliphatic carbocycles. The summed E-state index contributed by atoms with van der Waals surface area (Å²) in [6, 6.07) is 12.8. The van der Waals surface area contributed by atoms with Crippen LogP contribution in [0.15, 0.2) is 36.4 Å². The van der Waals surface area contributed by atoms with Crippen LogP contribution in [-0.4, -0.2) is 25.2 Å². The molecule has 1 atom stereocenters. The number of fused-ring (bicyclic) bond motifs is 1. The van der Waals surface area contributed by atoms with Crippen molar-refractivity contribution in [1.82, 2.24) is 5.32 Å². The molecular weight excluding hydrogens is 254 g/mol. The van der Waals surface area contributed by atoms with Crippen LogP contribution in [-0.2, 0) is 6.54 Å². The molecule has 2 nitrogen and oxygen atoms in total. The molecule has 0 heterocycles. The number of thioether (sulfide) groups is 1. The Balaban J connectivity index is 2.05. The summed E-state index contributed by atoms with van der Waals surface area (Å²) >= 11 is 1.89. The average molecular weight is 275 g/mol. The summed E-state index contributed by atoms with van der Waals surface area (Å²) in [6.07, 6.45) is 2.15. The Morgan fingerprint density at radius 1 is 1.16 bits per heavy atom. The van der Waals surface area contributed by atoms with Crippen molar-refractivity contribution in [3.05, 3.63) is 42.0 Å². The van der Waals surface area contributed by atoms with E-state index in [9.17, 15) is 0 Å². The van der Waals surface area contributed by atoms with Crippen molar-refractivity contribution >= 4 is 22.5 Å². The van der Waals surface area contributed by atoms with Crippen LogP contribution in [0.4, 0.5) is 0 Å². The Labute approximate surface area is 119 Å². The lowest BCUT2D eigenvalue weighted by molar-refractivity contribution is 0.415. The summed E-state index contributed by atoms with van der Waals surface area (Å²) in [6.45, 7) is 4.21. The average Bonchev–Trinajstić information content (AvgIpc) is 2.46. The minimum absolute atomic E-state index is 0.657. The van der Waals surface area contributed by atoms with Gasteiger partial charge in [0.2, 0.25) is 0 Å². The quantitative estimate of drug-likeness (QED) is 0.869. The Hall–Kier alpha value is -1.19. The predicted molar refractivity (Wildman–Crippen MR) is 85.2 cm³/mol. The van der Waals surface area contributed by atoms with Gasteiger partial charge in [-0.05, 0) is 40.8 Å². The zero-order valence-electron chi connectivity index (χ0n) is 11.8. The second kappa shape index (κ2) is 6.83. The summed E-state index contributed by atoms with van der Waals surface area (Å²) in [5.74, 6) is 0.909. The summed E-state index contributed by atoms with van der Waals surface area (Å²) in [5, 5.41) is 6.64. The van der Waals surface area contributed by atoms with Crippen molar-refractivity contribution in [2.24, 2.45) is 0 Å². The molecule has 0 amide bonds. The predicted octanol–water partition coefficient (Wildman–Crippen LogP) is 3.69. The number of hydrogen-bond acceptors (Lipinski definition) is 3. The van der Waals surface area contributed by atoms with Gasteiger partial charge in [0.05, 0.1) is 7.11 Å². The van der Waals surface area contributed by atoms with E-state index < -0.39 is 0 Å².